The Balaban J connectivity index is 2.21. The molecule has 2 aromatic heterocycles. The van der Waals surface area contributed by atoms with E-state index in [0.29, 0.717) is 0 Å². The summed E-state index contributed by atoms with van der Waals surface area (Å²) >= 11 is 3.60. The molecule has 0 aliphatic carbocycles. The fraction of sp³-hybridized carbons (Fsp3) is 0.500. The SMILES string of the molecule is CCc1nn(C)c(CC(N)c2ccn(C)n2)c1Br. The third-order valence-electron chi connectivity index (χ3n) is 3.03. The first kappa shape index (κ1) is 13.3. The second-order valence-corrected chi connectivity index (χ2v) is 5.20. The van der Waals surface area contributed by atoms with E-state index in [1.54, 1.807) is 4.68 Å². The van der Waals surface area contributed by atoms with Gasteiger partial charge in [0.1, 0.15) is 0 Å². The van der Waals surface area contributed by atoms with Gasteiger partial charge in [-0.25, -0.2) is 0 Å². The Hall–Kier alpha value is -1.14. The largest absolute Gasteiger partial charge is 0.322 e. The number of hydrogen-bond acceptors (Lipinski definition) is 3. The molecule has 0 aliphatic heterocycles. The maximum Gasteiger partial charge on any atom is 0.0795 e. The summed E-state index contributed by atoms with van der Waals surface area (Å²) in [5.74, 6) is 0. The predicted octanol–water partition coefficient (Wildman–Crippen LogP) is 1.72. The summed E-state index contributed by atoms with van der Waals surface area (Å²) in [5, 5.41) is 8.81. The first-order valence-electron chi connectivity index (χ1n) is 5.98. The summed E-state index contributed by atoms with van der Waals surface area (Å²) in [6.07, 6.45) is 3.54. The van der Waals surface area contributed by atoms with Crippen molar-refractivity contribution < 1.29 is 0 Å². The molecule has 0 aromatic carbocycles. The number of halogens is 1. The van der Waals surface area contributed by atoms with E-state index in [-0.39, 0.29) is 6.04 Å². The van der Waals surface area contributed by atoms with Crippen molar-refractivity contribution in [3.05, 3.63) is 33.8 Å². The minimum Gasteiger partial charge on any atom is -0.322 e. The first-order chi connectivity index (χ1) is 8.52. The lowest BCUT2D eigenvalue weighted by molar-refractivity contribution is 0.612. The quantitative estimate of drug-likeness (QED) is 0.935. The molecule has 2 heterocycles. The lowest BCUT2D eigenvalue weighted by atomic mass is 10.1. The van der Waals surface area contributed by atoms with E-state index in [4.69, 9.17) is 5.73 Å². The van der Waals surface area contributed by atoms with Gasteiger partial charge >= 0.3 is 0 Å². The molecule has 0 aliphatic rings. The van der Waals surface area contributed by atoms with Crippen LogP contribution in [0.1, 0.15) is 30.0 Å². The fourth-order valence-corrected chi connectivity index (χ4v) is 2.76. The van der Waals surface area contributed by atoms with Gasteiger partial charge in [-0.2, -0.15) is 10.2 Å². The number of nitrogens with two attached hydrogens (primary N) is 1. The molecule has 6 heteroatoms. The van der Waals surface area contributed by atoms with Gasteiger partial charge in [0.15, 0.2) is 0 Å². The van der Waals surface area contributed by atoms with Crippen LogP contribution < -0.4 is 5.73 Å². The van der Waals surface area contributed by atoms with Crippen molar-refractivity contribution in [3.8, 4) is 0 Å². The Kier molecular flexibility index (Phi) is 3.87. The summed E-state index contributed by atoms with van der Waals surface area (Å²) in [4.78, 5) is 0. The van der Waals surface area contributed by atoms with Crippen molar-refractivity contribution in [1.82, 2.24) is 19.6 Å². The van der Waals surface area contributed by atoms with Crippen LogP contribution in [0.25, 0.3) is 0 Å². The van der Waals surface area contributed by atoms with Gasteiger partial charge in [0.2, 0.25) is 0 Å². The molecule has 0 amide bonds. The minimum absolute atomic E-state index is 0.109. The maximum atomic E-state index is 6.19. The molecule has 0 spiro atoms. The zero-order chi connectivity index (χ0) is 13.3. The predicted molar refractivity (Wildman–Crippen MR) is 74.1 cm³/mol. The van der Waals surface area contributed by atoms with E-state index in [1.165, 1.54) is 0 Å². The number of aromatic nitrogens is 4. The molecule has 5 nitrogen and oxygen atoms in total. The third-order valence-corrected chi connectivity index (χ3v) is 3.95. The summed E-state index contributed by atoms with van der Waals surface area (Å²) in [6.45, 7) is 2.09. The van der Waals surface area contributed by atoms with Crippen LogP contribution in [0, 0.1) is 0 Å². The highest BCUT2D eigenvalue weighted by Crippen LogP contribution is 2.25. The highest BCUT2D eigenvalue weighted by molar-refractivity contribution is 9.10. The lowest BCUT2D eigenvalue weighted by Gasteiger charge is -2.09. The molecule has 18 heavy (non-hydrogen) atoms. The Morgan fingerprint density at radius 1 is 1.39 bits per heavy atom. The molecule has 1 unspecified atom stereocenters. The Labute approximate surface area is 115 Å². The summed E-state index contributed by atoms with van der Waals surface area (Å²) in [7, 11) is 3.84. The third kappa shape index (κ3) is 2.49. The molecule has 98 valence electrons. The molecule has 0 fully saturated rings. The monoisotopic (exact) mass is 311 g/mol. The van der Waals surface area contributed by atoms with Crippen LogP contribution in [0.15, 0.2) is 16.7 Å². The Bertz CT molecular complexity index is 543. The standard InChI is InChI=1S/C12H18BrN5/c1-4-9-12(13)11(18(3)16-9)7-8(14)10-5-6-17(2)15-10/h5-6,8H,4,7,14H2,1-3H3. The molecular formula is C12H18BrN5. The number of aryl methyl sites for hydroxylation is 3. The van der Waals surface area contributed by atoms with Crippen LogP contribution in [0.3, 0.4) is 0 Å². The van der Waals surface area contributed by atoms with E-state index in [9.17, 15) is 0 Å². The molecule has 0 saturated carbocycles. The highest BCUT2D eigenvalue weighted by Gasteiger charge is 2.17. The summed E-state index contributed by atoms with van der Waals surface area (Å²) < 4.78 is 4.73. The van der Waals surface area contributed by atoms with Crippen LogP contribution in [0.4, 0.5) is 0 Å². The number of nitrogens with zero attached hydrogens (tertiary/aromatic N) is 4. The second-order valence-electron chi connectivity index (χ2n) is 4.41. The van der Waals surface area contributed by atoms with Crippen molar-refractivity contribution >= 4 is 15.9 Å². The summed E-state index contributed by atoms with van der Waals surface area (Å²) in [6, 6.07) is 1.85. The first-order valence-corrected chi connectivity index (χ1v) is 6.77. The smallest absolute Gasteiger partial charge is 0.0795 e. The van der Waals surface area contributed by atoms with Gasteiger partial charge in [0.05, 0.1) is 27.6 Å². The van der Waals surface area contributed by atoms with E-state index >= 15 is 0 Å². The normalized spacial score (nSPS) is 12.9. The molecule has 2 rings (SSSR count). The molecule has 0 saturated heterocycles. The van der Waals surface area contributed by atoms with Crippen LogP contribution in [-0.4, -0.2) is 19.6 Å². The van der Waals surface area contributed by atoms with E-state index in [2.05, 4.69) is 33.1 Å². The van der Waals surface area contributed by atoms with E-state index in [0.717, 1.165) is 34.4 Å². The zero-order valence-corrected chi connectivity index (χ0v) is 12.5. The van der Waals surface area contributed by atoms with Crippen molar-refractivity contribution in [3.63, 3.8) is 0 Å². The van der Waals surface area contributed by atoms with Crippen LogP contribution in [0.5, 0.6) is 0 Å². The van der Waals surface area contributed by atoms with Gasteiger partial charge in [-0.05, 0) is 28.4 Å². The molecule has 1 atom stereocenters. The van der Waals surface area contributed by atoms with Crippen molar-refractivity contribution in [2.75, 3.05) is 0 Å². The zero-order valence-electron chi connectivity index (χ0n) is 10.9. The molecule has 2 aromatic rings. The van der Waals surface area contributed by atoms with Gasteiger partial charge in [-0.3, -0.25) is 9.36 Å². The maximum absolute atomic E-state index is 6.19. The second kappa shape index (κ2) is 5.24. The fourth-order valence-electron chi connectivity index (χ4n) is 1.99. The van der Waals surface area contributed by atoms with Crippen molar-refractivity contribution in [2.45, 2.75) is 25.8 Å². The van der Waals surface area contributed by atoms with Crippen molar-refractivity contribution in [1.29, 1.82) is 0 Å². The summed E-state index contributed by atoms with van der Waals surface area (Å²) in [5.41, 5.74) is 9.28. The molecule has 0 bridgehead atoms. The van der Waals surface area contributed by atoms with Crippen LogP contribution in [-0.2, 0) is 26.9 Å². The minimum atomic E-state index is -0.109. The van der Waals surface area contributed by atoms with Gasteiger partial charge < -0.3 is 5.73 Å². The van der Waals surface area contributed by atoms with Crippen LogP contribution >= 0.6 is 15.9 Å². The van der Waals surface area contributed by atoms with Gasteiger partial charge in [-0.1, -0.05) is 6.92 Å². The molecule has 0 radical (unpaired) electrons. The average Bonchev–Trinajstić information content (AvgIpc) is 2.87. The van der Waals surface area contributed by atoms with Gasteiger partial charge in [0.25, 0.3) is 0 Å². The van der Waals surface area contributed by atoms with E-state index < -0.39 is 0 Å². The molecule has 2 N–H and O–H groups in total. The lowest BCUT2D eigenvalue weighted by Crippen LogP contribution is -2.16. The van der Waals surface area contributed by atoms with E-state index in [1.807, 2.05) is 31.0 Å². The Morgan fingerprint density at radius 3 is 2.61 bits per heavy atom. The number of rotatable bonds is 4. The molecular weight excluding hydrogens is 294 g/mol. The van der Waals surface area contributed by atoms with Crippen molar-refractivity contribution in [2.24, 2.45) is 19.8 Å². The average molecular weight is 312 g/mol. The Morgan fingerprint density at radius 2 is 2.11 bits per heavy atom. The topological polar surface area (TPSA) is 61.7 Å². The van der Waals surface area contributed by atoms with Gasteiger partial charge in [-0.15, -0.1) is 0 Å². The van der Waals surface area contributed by atoms with Crippen LogP contribution in [0.2, 0.25) is 0 Å². The van der Waals surface area contributed by atoms with Gasteiger partial charge in [0, 0.05) is 26.7 Å². The number of hydrogen-bond donors (Lipinski definition) is 1. The highest BCUT2D eigenvalue weighted by atomic mass is 79.9.